The smallest absolute Gasteiger partial charge is 0.307 e. The van der Waals surface area contributed by atoms with Gasteiger partial charge in [0.2, 0.25) is 9.64 Å². The van der Waals surface area contributed by atoms with Gasteiger partial charge in [-0.3, -0.25) is 4.57 Å². The molecule has 1 aromatic rings. The summed E-state index contributed by atoms with van der Waals surface area (Å²) in [5.74, 6) is -1.92. The Balaban J connectivity index is 2.36. The molecular formula is C12H14Cl3O6PS. The molecule has 0 aromatic heterocycles. The minimum atomic E-state index is -4.33. The van der Waals surface area contributed by atoms with Crippen molar-refractivity contribution in [1.82, 2.24) is 0 Å². The van der Waals surface area contributed by atoms with Crippen LogP contribution < -0.4 is 0 Å². The van der Waals surface area contributed by atoms with Crippen molar-refractivity contribution in [3.63, 3.8) is 0 Å². The summed E-state index contributed by atoms with van der Waals surface area (Å²) in [6, 6.07) is 7.22. The molecule has 0 bridgehead atoms. The molecule has 11 heteroatoms. The Hall–Kier alpha value is 0.150. The first-order valence-electron chi connectivity index (χ1n) is 6.52. The van der Waals surface area contributed by atoms with Crippen molar-refractivity contribution in [2.24, 2.45) is 0 Å². The van der Waals surface area contributed by atoms with Crippen LogP contribution in [0.15, 0.2) is 35.2 Å². The molecule has 1 aliphatic heterocycles. The van der Waals surface area contributed by atoms with E-state index in [9.17, 15) is 13.0 Å². The fourth-order valence-electron chi connectivity index (χ4n) is 1.85. The molecule has 1 aliphatic rings. The Morgan fingerprint density at radius 2 is 1.91 bits per heavy atom. The van der Waals surface area contributed by atoms with E-state index < -0.39 is 33.5 Å². The number of rotatable bonds is 4. The van der Waals surface area contributed by atoms with Crippen LogP contribution in [-0.4, -0.2) is 30.8 Å². The predicted molar refractivity (Wildman–Crippen MR) is 87.5 cm³/mol. The van der Waals surface area contributed by atoms with E-state index >= 15 is 0 Å². The average molecular weight is 424 g/mol. The Kier molecular flexibility index (Phi) is 6.08. The zero-order valence-electron chi connectivity index (χ0n) is 11.9. The van der Waals surface area contributed by atoms with Crippen LogP contribution >= 0.6 is 42.4 Å². The van der Waals surface area contributed by atoms with Gasteiger partial charge in [-0.25, -0.2) is 4.18 Å². The molecule has 1 fully saturated rings. The molecule has 23 heavy (non-hydrogen) atoms. The Morgan fingerprint density at radius 1 is 1.30 bits per heavy atom. The predicted octanol–water partition coefficient (Wildman–Crippen LogP) is 4.11. The summed E-state index contributed by atoms with van der Waals surface area (Å²) in [6.07, 6.45) is 0.0228. The minimum absolute atomic E-state index is 0.0738. The highest BCUT2D eigenvalue weighted by Gasteiger charge is 2.54. The molecule has 0 N–H and O–H groups in total. The van der Waals surface area contributed by atoms with Crippen LogP contribution in [0.5, 0.6) is 0 Å². The molecule has 0 saturated carbocycles. The average Bonchev–Trinajstić information content (AvgIpc) is 2.44. The molecule has 0 spiro atoms. The lowest BCUT2D eigenvalue weighted by Gasteiger charge is -2.35. The van der Waals surface area contributed by atoms with Gasteiger partial charge in [-0.1, -0.05) is 53.0 Å². The second kappa shape index (κ2) is 7.18. The maximum atomic E-state index is 12.8. The van der Waals surface area contributed by atoms with Crippen molar-refractivity contribution in [3.8, 4) is 0 Å². The molecule has 1 aromatic carbocycles. The van der Waals surface area contributed by atoms with Gasteiger partial charge >= 0.3 is 7.60 Å². The van der Waals surface area contributed by atoms with Crippen LogP contribution in [0.25, 0.3) is 0 Å². The number of halogens is 3. The molecule has 3 atom stereocenters. The highest BCUT2D eigenvalue weighted by Crippen LogP contribution is 2.63. The van der Waals surface area contributed by atoms with E-state index in [1.54, 1.807) is 13.0 Å². The van der Waals surface area contributed by atoms with Crippen LogP contribution in [0, 0.1) is 0 Å². The Labute approximate surface area is 149 Å². The zero-order chi connectivity index (χ0) is 17.3. The first kappa shape index (κ1) is 19.5. The Morgan fingerprint density at radius 3 is 2.43 bits per heavy atom. The van der Waals surface area contributed by atoms with Crippen LogP contribution in [0.1, 0.15) is 13.3 Å². The lowest BCUT2D eigenvalue weighted by Crippen LogP contribution is -2.35. The van der Waals surface area contributed by atoms with Crippen LogP contribution in [0.3, 0.4) is 0 Å². The second-order valence-electron chi connectivity index (χ2n) is 4.84. The lowest BCUT2D eigenvalue weighted by molar-refractivity contribution is 0.0699. The summed E-state index contributed by atoms with van der Waals surface area (Å²) in [4.78, 5) is -0.170. The summed E-state index contributed by atoms with van der Waals surface area (Å²) in [7, 11) is -8.45. The minimum Gasteiger partial charge on any atom is -0.307 e. The zero-order valence-corrected chi connectivity index (χ0v) is 15.9. The van der Waals surface area contributed by atoms with E-state index in [0.717, 1.165) is 0 Å². The van der Waals surface area contributed by atoms with E-state index in [0.29, 0.717) is 6.42 Å². The molecule has 0 radical (unpaired) electrons. The van der Waals surface area contributed by atoms with Gasteiger partial charge < -0.3 is 9.05 Å². The molecule has 130 valence electrons. The largest absolute Gasteiger partial charge is 0.365 e. The Bertz CT molecular complexity index is 690. The topological polar surface area (TPSA) is 78.9 Å². The van der Waals surface area contributed by atoms with Crippen molar-refractivity contribution in [2.45, 2.75) is 34.0 Å². The van der Waals surface area contributed by atoms with E-state index in [2.05, 4.69) is 0 Å². The maximum absolute atomic E-state index is 12.8. The fraction of sp³-hybridized carbons (Fsp3) is 0.500. The second-order valence-corrected chi connectivity index (χ2v) is 10.8. The van der Waals surface area contributed by atoms with Crippen molar-refractivity contribution >= 4 is 52.5 Å². The standard InChI is InChI=1S/C12H14Cl3O6PS/c1-9-7-8-19-22(16,20-9)11(12(13,14)15)21-23(17,18)10-5-3-2-4-6-10/h2-6,9,11H,7-8H2,1H3/t9-,11-,22+/m0/s1. The van der Waals surface area contributed by atoms with Gasteiger partial charge in [-0.05, 0) is 25.5 Å². The van der Waals surface area contributed by atoms with E-state index in [1.165, 1.54) is 24.3 Å². The van der Waals surface area contributed by atoms with Crippen molar-refractivity contribution in [3.05, 3.63) is 30.3 Å². The summed E-state index contributed by atoms with van der Waals surface area (Å²) < 4.78 is 50.4. The maximum Gasteiger partial charge on any atom is 0.365 e. The van der Waals surface area contributed by atoms with E-state index in [1.807, 2.05) is 0 Å². The SMILES string of the molecule is C[C@H]1CCO[P@](=O)([C@H](OS(=O)(=O)c2ccccc2)C(Cl)(Cl)Cl)O1. The quantitative estimate of drug-likeness (QED) is 0.412. The van der Waals surface area contributed by atoms with E-state index in [4.69, 9.17) is 48.0 Å². The summed E-state index contributed by atoms with van der Waals surface area (Å²) >= 11 is 17.3. The van der Waals surface area contributed by atoms with Gasteiger partial charge in [0, 0.05) is 0 Å². The van der Waals surface area contributed by atoms with E-state index in [-0.39, 0.29) is 11.5 Å². The summed E-state index contributed by atoms with van der Waals surface area (Å²) in [5.41, 5.74) is 0. The number of benzene rings is 1. The molecule has 0 amide bonds. The first-order valence-corrected chi connectivity index (χ1v) is 10.7. The van der Waals surface area contributed by atoms with Crippen molar-refractivity contribution in [2.75, 3.05) is 6.61 Å². The van der Waals surface area contributed by atoms with Crippen molar-refractivity contribution < 1.29 is 26.2 Å². The number of alkyl halides is 3. The fourth-order valence-corrected chi connectivity index (χ4v) is 6.60. The normalized spacial score (nSPS) is 27.6. The monoisotopic (exact) mass is 422 g/mol. The molecular weight excluding hydrogens is 410 g/mol. The van der Waals surface area contributed by atoms with Gasteiger partial charge in [0.25, 0.3) is 10.1 Å². The molecule has 0 aliphatic carbocycles. The van der Waals surface area contributed by atoms with Crippen LogP contribution in [0.4, 0.5) is 0 Å². The molecule has 1 saturated heterocycles. The highest BCUT2D eigenvalue weighted by atomic mass is 35.6. The number of hydrogen-bond acceptors (Lipinski definition) is 6. The third kappa shape index (κ3) is 4.83. The molecule has 0 unspecified atom stereocenters. The third-order valence-corrected chi connectivity index (χ3v) is 7.69. The van der Waals surface area contributed by atoms with Crippen LogP contribution in [0.2, 0.25) is 0 Å². The number of hydrogen-bond donors (Lipinski definition) is 0. The molecule has 2 rings (SSSR count). The van der Waals surface area contributed by atoms with Crippen LogP contribution in [-0.2, 0) is 27.9 Å². The third-order valence-electron chi connectivity index (χ3n) is 2.94. The van der Waals surface area contributed by atoms with Gasteiger partial charge in [-0.2, -0.15) is 8.42 Å². The lowest BCUT2D eigenvalue weighted by atomic mass is 10.3. The van der Waals surface area contributed by atoms with Gasteiger partial charge in [0.05, 0.1) is 17.6 Å². The van der Waals surface area contributed by atoms with Gasteiger partial charge in [0.15, 0.2) is 0 Å². The summed E-state index contributed by atoms with van der Waals surface area (Å²) in [6.45, 7) is 1.72. The highest BCUT2D eigenvalue weighted by molar-refractivity contribution is 7.87. The van der Waals surface area contributed by atoms with Crippen molar-refractivity contribution in [1.29, 1.82) is 0 Å². The molecule has 1 heterocycles. The molecule has 6 nitrogen and oxygen atoms in total. The first-order chi connectivity index (χ1) is 10.5. The van der Waals surface area contributed by atoms with Gasteiger partial charge in [-0.15, -0.1) is 0 Å². The van der Waals surface area contributed by atoms with Gasteiger partial charge in [0.1, 0.15) is 0 Å². The summed E-state index contributed by atoms with van der Waals surface area (Å²) in [5, 5.41) is 0.